The summed E-state index contributed by atoms with van der Waals surface area (Å²) in [6, 6.07) is 8.01. The molecule has 0 N–H and O–H groups in total. The van der Waals surface area contributed by atoms with Gasteiger partial charge in [0.25, 0.3) is 0 Å². The van der Waals surface area contributed by atoms with E-state index in [2.05, 4.69) is 51.4 Å². The second-order valence-electron chi connectivity index (χ2n) is 4.73. The lowest BCUT2D eigenvalue weighted by Crippen LogP contribution is -2.20. The number of nitrogens with zero attached hydrogens (tertiary/aromatic N) is 3. The maximum absolute atomic E-state index is 4.61. The highest BCUT2D eigenvalue weighted by molar-refractivity contribution is 5.80. The van der Waals surface area contributed by atoms with E-state index in [1.54, 1.807) is 6.20 Å². The Bertz CT molecular complexity index is 797. The van der Waals surface area contributed by atoms with Gasteiger partial charge in [0, 0.05) is 41.7 Å². The predicted molar refractivity (Wildman–Crippen MR) is 79.3 cm³/mol. The van der Waals surface area contributed by atoms with Gasteiger partial charge in [0.05, 0.1) is 5.69 Å². The van der Waals surface area contributed by atoms with Gasteiger partial charge in [-0.15, -0.1) is 0 Å². The van der Waals surface area contributed by atoms with Gasteiger partial charge in [-0.1, -0.05) is 12.2 Å². The first-order chi connectivity index (χ1) is 9.90. The average molecular weight is 258 g/mol. The van der Waals surface area contributed by atoms with Crippen molar-refractivity contribution in [3.05, 3.63) is 78.4 Å². The van der Waals surface area contributed by atoms with Gasteiger partial charge < -0.3 is 4.90 Å². The number of pyridine rings is 2. The summed E-state index contributed by atoms with van der Waals surface area (Å²) in [4.78, 5) is 11.1. The normalized spacial score (nSPS) is 16.9. The summed E-state index contributed by atoms with van der Waals surface area (Å²) < 4.78 is 0. The highest BCUT2D eigenvalue weighted by Gasteiger charge is 2.13. The van der Waals surface area contributed by atoms with E-state index in [-0.39, 0.29) is 0 Å². The maximum atomic E-state index is 4.61. The summed E-state index contributed by atoms with van der Waals surface area (Å²) in [5.74, 6) is 0. The van der Waals surface area contributed by atoms with Gasteiger partial charge in [-0.25, -0.2) is 9.97 Å². The second-order valence-corrected chi connectivity index (χ2v) is 4.73. The van der Waals surface area contributed by atoms with Crippen LogP contribution in [0.5, 0.6) is 0 Å². The van der Waals surface area contributed by atoms with Gasteiger partial charge in [0.15, 0.2) is 5.65 Å². The quantitative estimate of drug-likeness (QED) is 0.787. The second kappa shape index (κ2) is 4.46. The lowest BCUT2D eigenvalue weighted by atomic mass is 10.1. The molecule has 0 fully saturated rings. The van der Waals surface area contributed by atoms with Crippen molar-refractivity contribution in [2.75, 3.05) is 6.54 Å². The number of fused-ring (bicyclic) bond motifs is 2. The third-order valence-corrected chi connectivity index (χ3v) is 3.43. The van der Waals surface area contributed by atoms with Crippen molar-refractivity contribution in [1.29, 1.82) is 0 Å². The molecule has 4 heterocycles. The summed E-state index contributed by atoms with van der Waals surface area (Å²) in [5.41, 5.74) is 3.75. The van der Waals surface area contributed by atoms with E-state index in [9.17, 15) is 0 Å². The molecular formula is C17H12N3. The highest BCUT2D eigenvalue weighted by atomic mass is 15.1. The van der Waals surface area contributed by atoms with E-state index >= 15 is 0 Å². The summed E-state index contributed by atoms with van der Waals surface area (Å²) >= 11 is 0. The smallest absolute Gasteiger partial charge is 0.159 e. The van der Waals surface area contributed by atoms with E-state index in [4.69, 9.17) is 0 Å². The Morgan fingerprint density at radius 1 is 1.20 bits per heavy atom. The number of hydrogen-bond acceptors (Lipinski definition) is 3. The zero-order valence-corrected chi connectivity index (χ0v) is 10.8. The predicted octanol–water partition coefficient (Wildman–Crippen LogP) is 3.10. The Labute approximate surface area is 117 Å². The van der Waals surface area contributed by atoms with Gasteiger partial charge in [0.2, 0.25) is 0 Å². The van der Waals surface area contributed by atoms with Gasteiger partial charge in [-0.05, 0) is 36.4 Å². The van der Waals surface area contributed by atoms with Crippen LogP contribution in [-0.4, -0.2) is 21.4 Å². The van der Waals surface area contributed by atoms with Crippen molar-refractivity contribution in [2.24, 2.45) is 0 Å². The van der Waals surface area contributed by atoms with Crippen LogP contribution in [0.3, 0.4) is 0 Å². The summed E-state index contributed by atoms with van der Waals surface area (Å²) in [6.07, 6.45) is 15.5. The van der Waals surface area contributed by atoms with Gasteiger partial charge in [-0.2, -0.15) is 0 Å². The molecule has 1 radical (unpaired) electrons. The van der Waals surface area contributed by atoms with Crippen LogP contribution in [0, 0.1) is 6.08 Å². The van der Waals surface area contributed by atoms with Crippen LogP contribution in [0.25, 0.3) is 16.6 Å². The van der Waals surface area contributed by atoms with Crippen LogP contribution in [0.15, 0.2) is 66.7 Å². The van der Waals surface area contributed by atoms with Crippen molar-refractivity contribution in [1.82, 2.24) is 14.9 Å². The maximum Gasteiger partial charge on any atom is 0.159 e. The van der Waals surface area contributed by atoms with Gasteiger partial charge >= 0.3 is 0 Å². The fourth-order valence-electron chi connectivity index (χ4n) is 2.38. The van der Waals surface area contributed by atoms with Crippen LogP contribution in [0.4, 0.5) is 0 Å². The number of hydrogen-bond donors (Lipinski definition) is 0. The molecule has 4 rings (SSSR count). The fraction of sp³-hybridized carbons (Fsp3) is 0.0588. The Morgan fingerprint density at radius 2 is 2.20 bits per heavy atom. The van der Waals surface area contributed by atoms with Crippen LogP contribution in [-0.2, 0) is 0 Å². The minimum absolute atomic E-state index is 0.771. The average Bonchev–Trinajstić information content (AvgIpc) is 2.54. The molecule has 0 saturated heterocycles. The Kier molecular flexibility index (Phi) is 2.49. The van der Waals surface area contributed by atoms with E-state index < -0.39 is 0 Å². The minimum atomic E-state index is 0.771. The Morgan fingerprint density at radius 3 is 3.20 bits per heavy atom. The molecule has 0 unspecified atom stereocenters. The van der Waals surface area contributed by atoms with E-state index in [0.717, 1.165) is 34.5 Å². The molecule has 2 aromatic rings. The Hall–Kier alpha value is -2.68. The first-order valence-electron chi connectivity index (χ1n) is 6.58. The third kappa shape index (κ3) is 1.84. The first kappa shape index (κ1) is 11.2. The topological polar surface area (TPSA) is 29.0 Å². The summed E-state index contributed by atoms with van der Waals surface area (Å²) in [6.45, 7) is 0.898. The molecule has 3 nitrogen and oxygen atoms in total. The van der Waals surface area contributed by atoms with Crippen LogP contribution >= 0.6 is 0 Å². The Balaban J connectivity index is 1.79. The molecule has 0 saturated carbocycles. The molecule has 2 aromatic heterocycles. The minimum Gasteiger partial charge on any atom is -0.344 e. The monoisotopic (exact) mass is 258 g/mol. The summed E-state index contributed by atoms with van der Waals surface area (Å²) in [7, 11) is 0. The molecule has 0 spiro atoms. The standard InChI is InChI=1S/C17H12N3/c1-2-10-20-11-8-14(12-15(20)5-1)16-7-6-13-4-3-9-18-17(13)19-16/h1-9,11H,10H2. The van der Waals surface area contributed by atoms with E-state index in [1.807, 2.05) is 24.3 Å². The molecule has 2 aliphatic rings. The number of allylic oxidation sites excluding steroid dienone is 5. The molecule has 20 heavy (non-hydrogen) atoms. The zero-order chi connectivity index (χ0) is 13.4. The number of aromatic nitrogens is 2. The lowest BCUT2D eigenvalue weighted by molar-refractivity contribution is 0.520. The molecule has 3 heteroatoms. The van der Waals surface area contributed by atoms with Crippen molar-refractivity contribution in [2.45, 2.75) is 0 Å². The SMILES string of the molecule is [C]1=C(c2ccc3cccnc3n2)C=CN2CC=CC=C12. The third-order valence-electron chi connectivity index (χ3n) is 3.43. The molecule has 0 bridgehead atoms. The lowest BCUT2D eigenvalue weighted by Gasteiger charge is -2.25. The van der Waals surface area contributed by atoms with Crippen molar-refractivity contribution >= 4 is 16.6 Å². The number of rotatable bonds is 1. The highest BCUT2D eigenvalue weighted by Crippen LogP contribution is 2.25. The fourth-order valence-corrected chi connectivity index (χ4v) is 2.38. The molecule has 0 aliphatic carbocycles. The molecular weight excluding hydrogens is 246 g/mol. The van der Waals surface area contributed by atoms with Crippen molar-refractivity contribution in [3.63, 3.8) is 0 Å². The van der Waals surface area contributed by atoms with E-state index in [0.29, 0.717) is 0 Å². The largest absolute Gasteiger partial charge is 0.344 e. The molecule has 0 aromatic carbocycles. The van der Waals surface area contributed by atoms with Crippen molar-refractivity contribution < 1.29 is 0 Å². The molecule has 0 amide bonds. The van der Waals surface area contributed by atoms with Crippen LogP contribution in [0.2, 0.25) is 0 Å². The van der Waals surface area contributed by atoms with Crippen LogP contribution < -0.4 is 0 Å². The van der Waals surface area contributed by atoms with Gasteiger partial charge in [-0.3, -0.25) is 0 Å². The molecule has 95 valence electrons. The molecule has 0 atom stereocenters. The van der Waals surface area contributed by atoms with Crippen molar-refractivity contribution in [3.8, 4) is 0 Å². The summed E-state index contributed by atoms with van der Waals surface area (Å²) in [5, 5.41) is 1.05. The van der Waals surface area contributed by atoms with Gasteiger partial charge in [0.1, 0.15) is 0 Å². The first-order valence-corrected chi connectivity index (χ1v) is 6.58. The zero-order valence-electron chi connectivity index (χ0n) is 10.8. The van der Waals surface area contributed by atoms with E-state index in [1.165, 1.54) is 0 Å². The van der Waals surface area contributed by atoms with Crippen LogP contribution in [0.1, 0.15) is 5.69 Å². The molecule has 2 aliphatic heterocycles.